The highest BCUT2D eigenvalue weighted by atomic mass is 15.3. The summed E-state index contributed by atoms with van der Waals surface area (Å²) in [5, 5.41) is 4.47. The van der Waals surface area contributed by atoms with Crippen LogP contribution in [-0.2, 0) is 12.8 Å². The van der Waals surface area contributed by atoms with E-state index in [2.05, 4.69) is 18.9 Å². The predicted octanol–water partition coefficient (Wildman–Crippen LogP) is 4.48. The molecule has 122 valence electrons. The second-order valence-electron chi connectivity index (χ2n) is 6.25. The number of unbranched alkanes of at least 4 members (excludes halogenated alkanes) is 5. The van der Waals surface area contributed by atoms with Crippen LogP contribution in [0.1, 0.15) is 75.7 Å². The fraction of sp³-hybridized carbons (Fsp3) is 0.667. The minimum atomic E-state index is 0.787. The Morgan fingerprint density at radius 2 is 1.73 bits per heavy atom. The van der Waals surface area contributed by atoms with Crippen LogP contribution in [0.5, 0.6) is 0 Å². The molecule has 0 amide bonds. The first-order valence-corrected chi connectivity index (χ1v) is 8.81. The average Bonchev–Trinajstić information content (AvgIpc) is 2.86. The van der Waals surface area contributed by atoms with Crippen molar-refractivity contribution in [1.29, 1.82) is 0 Å². The fourth-order valence-corrected chi connectivity index (χ4v) is 3.02. The number of nitrogens with zero attached hydrogens (tertiary/aromatic N) is 3. The lowest BCUT2D eigenvalue weighted by atomic mass is 10.0. The zero-order valence-electron chi connectivity index (χ0n) is 14.4. The third kappa shape index (κ3) is 3.99. The number of fused-ring (bicyclic) bond motifs is 1. The van der Waals surface area contributed by atoms with Crippen molar-refractivity contribution in [3.05, 3.63) is 23.0 Å². The molecule has 2 aromatic heterocycles. The van der Waals surface area contributed by atoms with E-state index in [9.17, 15) is 0 Å². The van der Waals surface area contributed by atoms with Crippen LogP contribution < -0.4 is 5.73 Å². The second-order valence-corrected chi connectivity index (χ2v) is 6.25. The summed E-state index contributed by atoms with van der Waals surface area (Å²) in [6.45, 7) is 6.43. The SMILES string of the molecule is CCCCCCCCc1c(CCC)nc2cc(C)nn2c1N. The lowest BCUT2D eigenvalue weighted by Gasteiger charge is -2.12. The van der Waals surface area contributed by atoms with Crippen molar-refractivity contribution in [2.75, 3.05) is 5.73 Å². The summed E-state index contributed by atoms with van der Waals surface area (Å²) in [4.78, 5) is 4.80. The van der Waals surface area contributed by atoms with Crippen molar-refractivity contribution in [1.82, 2.24) is 14.6 Å². The summed E-state index contributed by atoms with van der Waals surface area (Å²) in [6, 6.07) is 2.00. The van der Waals surface area contributed by atoms with Crippen LogP contribution in [0.4, 0.5) is 5.82 Å². The molecule has 4 heteroatoms. The molecule has 0 bridgehead atoms. The molecule has 0 spiro atoms. The Labute approximate surface area is 134 Å². The monoisotopic (exact) mass is 302 g/mol. The molecule has 0 aromatic carbocycles. The van der Waals surface area contributed by atoms with Gasteiger partial charge in [-0.25, -0.2) is 4.98 Å². The lowest BCUT2D eigenvalue weighted by molar-refractivity contribution is 0.605. The molecular formula is C18H30N4. The Hall–Kier alpha value is -1.58. The number of hydrogen-bond donors (Lipinski definition) is 1. The topological polar surface area (TPSA) is 56.2 Å². The molecule has 0 radical (unpaired) electrons. The maximum Gasteiger partial charge on any atom is 0.157 e. The van der Waals surface area contributed by atoms with Crippen LogP contribution in [-0.4, -0.2) is 14.6 Å². The Bertz CT molecular complexity index is 601. The molecule has 22 heavy (non-hydrogen) atoms. The molecule has 2 rings (SSSR count). The number of aromatic nitrogens is 3. The van der Waals surface area contributed by atoms with Crippen LogP contribution in [0.2, 0.25) is 0 Å². The summed E-state index contributed by atoms with van der Waals surface area (Å²) >= 11 is 0. The molecule has 2 N–H and O–H groups in total. The van der Waals surface area contributed by atoms with Crippen LogP contribution in [0, 0.1) is 6.92 Å². The maximum atomic E-state index is 6.39. The van der Waals surface area contributed by atoms with Crippen molar-refractivity contribution < 1.29 is 0 Å². The van der Waals surface area contributed by atoms with Gasteiger partial charge < -0.3 is 5.73 Å². The molecule has 0 aliphatic rings. The van der Waals surface area contributed by atoms with E-state index in [1.165, 1.54) is 49.8 Å². The van der Waals surface area contributed by atoms with E-state index in [4.69, 9.17) is 10.7 Å². The minimum Gasteiger partial charge on any atom is -0.383 e. The van der Waals surface area contributed by atoms with Crippen LogP contribution in [0.25, 0.3) is 5.65 Å². The van der Waals surface area contributed by atoms with Gasteiger partial charge in [-0.2, -0.15) is 9.61 Å². The highest BCUT2D eigenvalue weighted by Gasteiger charge is 2.13. The molecule has 0 unspecified atom stereocenters. The zero-order chi connectivity index (χ0) is 15.9. The first kappa shape index (κ1) is 16.8. The van der Waals surface area contributed by atoms with Crippen molar-refractivity contribution in [2.24, 2.45) is 0 Å². The largest absolute Gasteiger partial charge is 0.383 e. The fourth-order valence-electron chi connectivity index (χ4n) is 3.02. The quantitative estimate of drug-likeness (QED) is 0.695. The summed E-state index contributed by atoms with van der Waals surface area (Å²) < 4.78 is 1.81. The van der Waals surface area contributed by atoms with Gasteiger partial charge >= 0.3 is 0 Å². The van der Waals surface area contributed by atoms with E-state index < -0.39 is 0 Å². The van der Waals surface area contributed by atoms with Gasteiger partial charge in [-0.1, -0.05) is 52.4 Å². The average molecular weight is 302 g/mol. The summed E-state index contributed by atoms with van der Waals surface area (Å²) in [5.41, 5.74) is 10.6. The molecule has 0 saturated heterocycles. The summed E-state index contributed by atoms with van der Waals surface area (Å²) in [7, 11) is 0. The van der Waals surface area contributed by atoms with Gasteiger partial charge in [0.15, 0.2) is 5.65 Å². The Balaban J connectivity index is 2.11. The molecule has 2 heterocycles. The van der Waals surface area contributed by atoms with Gasteiger partial charge in [0.1, 0.15) is 5.82 Å². The number of rotatable bonds is 9. The predicted molar refractivity (Wildman–Crippen MR) is 93.2 cm³/mol. The van der Waals surface area contributed by atoms with E-state index in [-0.39, 0.29) is 0 Å². The smallest absolute Gasteiger partial charge is 0.157 e. The van der Waals surface area contributed by atoms with Crippen molar-refractivity contribution >= 4 is 11.5 Å². The first-order chi connectivity index (χ1) is 10.7. The molecule has 0 saturated carbocycles. The van der Waals surface area contributed by atoms with Gasteiger partial charge in [0.05, 0.1) is 5.69 Å². The normalized spacial score (nSPS) is 11.4. The van der Waals surface area contributed by atoms with Gasteiger partial charge in [-0.3, -0.25) is 0 Å². The summed E-state index contributed by atoms with van der Waals surface area (Å²) in [6.07, 6.45) is 10.9. The minimum absolute atomic E-state index is 0.787. The van der Waals surface area contributed by atoms with Gasteiger partial charge in [0.2, 0.25) is 0 Å². The number of hydrogen-bond acceptors (Lipinski definition) is 3. The molecule has 2 aromatic rings. The number of anilines is 1. The summed E-state index contributed by atoms with van der Waals surface area (Å²) in [5.74, 6) is 0.787. The first-order valence-electron chi connectivity index (χ1n) is 8.81. The van der Waals surface area contributed by atoms with E-state index in [0.717, 1.165) is 36.4 Å². The van der Waals surface area contributed by atoms with Gasteiger partial charge in [0, 0.05) is 17.3 Å². The molecule has 0 fully saturated rings. The van der Waals surface area contributed by atoms with Gasteiger partial charge in [-0.15, -0.1) is 0 Å². The van der Waals surface area contributed by atoms with Gasteiger partial charge in [0.25, 0.3) is 0 Å². The second kappa shape index (κ2) is 8.16. The van der Waals surface area contributed by atoms with Crippen LogP contribution >= 0.6 is 0 Å². The molecule has 0 atom stereocenters. The standard InChI is InChI=1S/C18H30N4/c1-4-6-7-8-9-10-12-15-16(11-5-2)20-17-13-14(3)21-22(17)18(15)19/h13H,4-12,19H2,1-3H3. The Kier molecular flexibility index (Phi) is 6.22. The highest BCUT2D eigenvalue weighted by molar-refractivity contribution is 5.53. The lowest BCUT2D eigenvalue weighted by Crippen LogP contribution is -2.10. The molecule has 0 aliphatic carbocycles. The van der Waals surface area contributed by atoms with E-state index in [1.807, 2.05) is 13.0 Å². The number of nitrogen functional groups attached to an aromatic ring is 1. The number of aryl methyl sites for hydroxylation is 2. The zero-order valence-corrected chi connectivity index (χ0v) is 14.4. The van der Waals surface area contributed by atoms with Crippen molar-refractivity contribution in [3.63, 3.8) is 0 Å². The van der Waals surface area contributed by atoms with Crippen molar-refractivity contribution in [2.45, 2.75) is 78.6 Å². The van der Waals surface area contributed by atoms with E-state index in [0.29, 0.717) is 0 Å². The third-order valence-corrected chi connectivity index (χ3v) is 4.22. The highest BCUT2D eigenvalue weighted by Crippen LogP contribution is 2.22. The molecule has 0 aliphatic heterocycles. The Morgan fingerprint density at radius 1 is 1.00 bits per heavy atom. The molecular weight excluding hydrogens is 272 g/mol. The third-order valence-electron chi connectivity index (χ3n) is 4.22. The van der Waals surface area contributed by atoms with Crippen LogP contribution in [0.15, 0.2) is 6.07 Å². The Morgan fingerprint density at radius 3 is 2.45 bits per heavy atom. The van der Waals surface area contributed by atoms with Crippen LogP contribution in [0.3, 0.4) is 0 Å². The number of nitrogens with two attached hydrogens (primary N) is 1. The van der Waals surface area contributed by atoms with E-state index in [1.54, 1.807) is 4.52 Å². The maximum absolute atomic E-state index is 6.39. The van der Waals surface area contributed by atoms with Gasteiger partial charge in [-0.05, 0) is 26.2 Å². The van der Waals surface area contributed by atoms with E-state index >= 15 is 0 Å². The van der Waals surface area contributed by atoms with Crippen molar-refractivity contribution in [3.8, 4) is 0 Å². The molecule has 4 nitrogen and oxygen atoms in total.